The van der Waals surface area contributed by atoms with Gasteiger partial charge in [0.2, 0.25) is 0 Å². The van der Waals surface area contributed by atoms with E-state index in [0.29, 0.717) is 0 Å². The number of hydrogen-bond donors (Lipinski definition) is 0. The molecule has 0 atom stereocenters. The molecule has 0 aromatic heterocycles. The molecule has 2 aromatic rings. The van der Waals surface area contributed by atoms with Crippen LogP contribution in [0.4, 0.5) is 0 Å². The SMILES string of the molecule is C1=CCC=C([PH+](c2ccccc2)c2ccccc2)C=C1. The third-order valence-electron chi connectivity index (χ3n) is 3.41. The van der Waals surface area contributed by atoms with Gasteiger partial charge in [-0.05, 0) is 42.8 Å². The molecule has 0 unspecified atom stereocenters. The van der Waals surface area contributed by atoms with Crippen LogP contribution < -0.4 is 10.6 Å². The maximum atomic E-state index is 2.37. The van der Waals surface area contributed by atoms with Gasteiger partial charge in [0.15, 0.2) is 0 Å². The van der Waals surface area contributed by atoms with Gasteiger partial charge in [-0.1, -0.05) is 54.6 Å². The first kappa shape index (κ1) is 13.1. The van der Waals surface area contributed by atoms with Gasteiger partial charge in [-0.2, -0.15) is 0 Å². The van der Waals surface area contributed by atoms with Crippen LogP contribution in [0.3, 0.4) is 0 Å². The number of benzene rings is 2. The van der Waals surface area contributed by atoms with Crippen molar-refractivity contribution in [2.45, 2.75) is 6.42 Å². The van der Waals surface area contributed by atoms with Crippen LogP contribution in [0.1, 0.15) is 6.42 Å². The molecule has 1 aliphatic rings. The molecular weight excluding hydrogens is 259 g/mol. The maximum Gasteiger partial charge on any atom is 0.102 e. The Morgan fingerprint density at radius 2 is 1.30 bits per heavy atom. The molecule has 20 heavy (non-hydrogen) atoms. The first-order valence-corrected chi connectivity index (χ1v) is 8.47. The van der Waals surface area contributed by atoms with Crippen molar-refractivity contribution in [2.75, 3.05) is 0 Å². The second-order valence-corrected chi connectivity index (χ2v) is 7.27. The first-order valence-electron chi connectivity index (χ1n) is 6.97. The maximum absolute atomic E-state index is 2.37. The Labute approximate surface area is 121 Å². The van der Waals surface area contributed by atoms with Crippen molar-refractivity contribution in [3.63, 3.8) is 0 Å². The summed E-state index contributed by atoms with van der Waals surface area (Å²) in [6.45, 7) is 0. The van der Waals surface area contributed by atoms with Gasteiger partial charge < -0.3 is 0 Å². The molecule has 0 fully saturated rings. The first-order chi connectivity index (χ1) is 9.95. The van der Waals surface area contributed by atoms with Crippen molar-refractivity contribution in [1.82, 2.24) is 0 Å². The summed E-state index contributed by atoms with van der Waals surface area (Å²) in [5.41, 5.74) is 0. The smallest absolute Gasteiger partial charge is 0.0806 e. The third-order valence-corrected chi connectivity index (χ3v) is 6.18. The summed E-state index contributed by atoms with van der Waals surface area (Å²) in [7, 11) is -0.889. The summed E-state index contributed by atoms with van der Waals surface area (Å²) in [6.07, 6.45) is 12.2. The van der Waals surface area contributed by atoms with Gasteiger partial charge in [-0.25, -0.2) is 0 Å². The fourth-order valence-corrected chi connectivity index (χ4v) is 5.11. The van der Waals surface area contributed by atoms with E-state index in [4.69, 9.17) is 0 Å². The van der Waals surface area contributed by atoms with Crippen molar-refractivity contribution in [3.8, 4) is 0 Å². The number of hydrogen-bond acceptors (Lipinski definition) is 0. The average Bonchev–Trinajstić information content (AvgIpc) is 2.79. The Morgan fingerprint density at radius 1 is 0.700 bits per heavy atom. The molecule has 0 amide bonds. The minimum absolute atomic E-state index is 0.889. The standard InChI is InChI=1S/C19H17P/c1-2-6-12-17(11-5-1)20(18-13-7-3-8-14-18)19-15-9-4-10-16-19/h1-5,7-16H,6H2/p+1. The summed E-state index contributed by atoms with van der Waals surface area (Å²) in [6, 6.07) is 21.8. The lowest BCUT2D eigenvalue weighted by molar-refractivity contribution is 1.40. The van der Waals surface area contributed by atoms with E-state index >= 15 is 0 Å². The van der Waals surface area contributed by atoms with Gasteiger partial charge in [-0.3, -0.25) is 0 Å². The van der Waals surface area contributed by atoms with Gasteiger partial charge in [0.05, 0.1) is 13.2 Å². The monoisotopic (exact) mass is 277 g/mol. The Balaban J connectivity index is 2.07. The summed E-state index contributed by atoms with van der Waals surface area (Å²) in [5, 5.41) is 4.36. The van der Waals surface area contributed by atoms with Crippen LogP contribution in [-0.2, 0) is 0 Å². The van der Waals surface area contributed by atoms with Gasteiger partial charge in [0.1, 0.15) is 10.6 Å². The molecule has 0 aliphatic heterocycles. The molecular formula is C19H18P+. The average molecular weight is 277 g/mol. The van der Waals surface area contributed by atoms with Gasteiger partial charge in [0.25, 0.3) is 0 Å². The van der Waals surface area contributed by atoms with Crippen molar-refractivity contribution < 1.29 is 0 Å². The fourth-order valence-electron chi connectivity index (χ4n) is 2.47. The van der Waals surface area contributed by atoms with E-state index in [1.165, 1.54) is 15.9 Å². The molecule has 1 heteroatoms. The van der Waals surface area contributed by atoms with E-state index in [2.05, 4.69) is 91.0 Å². The summed E-state index contributed by atoms with van der Waals surface area (Å²) in [4.78, 5) is 0. The zero-order valence-corrected chi connectivity index (χ0v) is 12.4. The molecule has 0 saturated heterocycles. The Morgan fingerprint density at radius 3 is 1.90 bits per heavy atom. The molecule has 1 aliphatic carbocycles. The van der Waals surface area contributed by atoms with Crippen LogP contribution in [0, 0.1) is 0 Å². The highest BCUT2D eigenvalue weighted by Crippen LogP contribution is 2.44. The predicted molar refractivity (Wildman–Crippen MR) is 91.4 cm³/mol. The highest BCUT2D eigenvalue weighted by atomic mass is 31.1. The molecule has 98 valence electrons. The van der Waals surface area contributed by atoms with Crippen LogP contribution in [0.25, 0.3) is 0 Å². The zero-order chi connectivity index (χ0) is 13.6. The largest absolute Gasteiger partial charge is 0.102 e. The Bertz CT molecular complexity index is 596. The normalized spacial score (nSPS) is 14.2. The van der Waals surface area contributed by atoms with E-state index in [-0.39, 0.29) is 0 Å². The van der Waals surface area contributed by atoms with Crippen molar-refractivity contribution in [3.05, 3.63) is 96.4 Å². The molecule has 0 nitrogen and oxygen atoms in total. The van der Waals surface area contributed by atoms with Crippen molar-refractivity contribution in [1.29, 1.82) is 0 Å². The molecule has 0 spiro atoms. The molecule has 0 heterocycles. The van der Waals surface area contributed by atoms with E-state index < -0.39 is 7.92 Å². The van der Waals surface area contributed by atoms with Crippen molar-refractivity contribution in [2.24, 2.45) is 0 Å². The highest BCUT2D eigenvalue weighted by molar-refractivity contribution is 7.77. The number of allylic oxidation sites excluding steroid dienone is 6. The molecule has 3 rings (SSSR count). The van der Waals surface area contributed by atoms with Gasteiger partial charge >= 0.3 is 0 Å². The minimum Gasteiger partial charge on any atom is -0.0806 e. The molecule has 0 N–H and O–H groups in total. The lowest BCUT2D eigenvalue weighted by atomic mass is 10.4. The van der Waals surface area contributed by atoms with Crippen LogP contribution in [-0.4, -0.2) is 0 Å². The Hall–Kier alpha value is -1.91. The van der Waals surface area contributed by atoms with E-state index in [1.807, 2.05) is 0 Å². The predicted octanol–water partition coefficient (Wildman–Crippen LogP) is 4.25. The van der Waals surface area contributed by atoms with E-state index in [0.717, 1.165) is 6.42 Å². The quantitative estimate of drug-likeness (QED) is 0.736. The second-order valence-electron chi connectivity index (χ2n) is 4.79. The van der Waals surface area contributed by atoms with Crippen LogP contribution in [0.2, 0.25) is 0 Å². The van der Waals surface area contributed by atoms with E-state index in [9.17, 15) is 0 Å². The lowest BCUT2D eigenvalue weighted by Gasteiger charge is -2.11. The minimum atomic E-state index is -0.889. The lowest BCUT2D eigenvalue weighted by Crippen LogP contribution is -2.12. The fraction of sp³-hybridized carbons (Fsp3) is 0.0526. The highest BCUT2D eigenvalue weighted by Gasteiger charge is 2.25. The summed E-state index contributed by atoms with van der Waals surface area (Å²) >= 11 is 0. The molecule has 0 bridgehead atoms. The van der Waals surface area contributed by atoms with Crippen molar-refractivity contribution >= 4 is 18.5 Å². The van der Waals surface area contributed by atoms with Crippen LogP contribution in [0.5, 0.6) is 0 Å². The Kier molecular flexibility index (Phi) is 4.25. The van der Waals surface area contributed by atoms with E-state index in [1.54, 1.807) is 0 Å². The zero-order valence-electron chi connectivity index (χ0n) is 11.4. The molecule has 0 radical (unpaired) electrons. The number of rotatable bonds is 3. The topological polar surface area (TPSA) is 0 Å². The van der Waals surface area contributed by atoms with Gasteiger partial charge in [-0.15, -0.1) is 0 Å². The molecule has 0 saturated carbocycles. The summed E-state index contributed by atoms with van der Waals surface area (Å²) < 4.78 is 0. The molecule has 2 aromatic carbocycles. The third kappa shape index (κ3) is 2.98. The van der Waals surface area contributed by atoms with Crippen LogP contribution in [0.15, 0.2) is 96.4 Å². The second kappa shape index (κ2) is 6.50. The van der Waals surface area contributed by atoms with Gasteiger partial charge in [0, 0.05) is 0 Å². The summed E-state index contributed by atoms with van der Waals surface area (Å²) in [5.74, 6) is 0. The van der Waals surface area contributed by atoms with Crippen LogP contribution >= 0.6 is 7.92 Å².